The van der Waals surface area contributed by atoms with E-state index in [-0.39, 0.29) is 5.91 Å². The van der Waals surface area contributed by atoms with Crippen LogP contribution in [0.15, 0.2) is 51.9 Å². The highest BCUT2D eigenvalue weighted by Gasteiger charge is 2.26. The first-order valence-electron chi connectivity index (χ1n) is 6.47. The summed E-state index contributed by atoms with van der Waals surface area (Å²) in [6, 6.07) is 13.6. The van der Waals surface area contributed by atoms with Crippen LogP contribution in [0.25, 0.3) is 0 Å². The van der Waals surface area contributed by atoms with Crippen molar-refractivity contribution in [2.75, 3.05) is 5.32 Å². The molecule has 0 saturated heterocycles. The summed E-state index contributed by atoms with van der Waals surface area (Å²) in [6.45, 7) is 2.08. The van der Waals surface area contributed by atoms with Crippen molar-refractivity contribution in [2.45, 2.75) is 13.3 Å². The molecule has 1 aliphatic heterocycles. The minimum Gasteiger partial charge on any atom is -0.320 e. The molecule has 20 heavy (non-hydrogen) atoms. The van der Waals surface area contributed by atoms with Crippen molar-refractivity contribution < 1.29 is 4.79 Å². The molecule has 0 fully saturated rings. The highest BCUT2D eigenvalue weighted by Crippen LogP contribution is 2.29. The molecule has 4 heteroatoms. The first kappa shape index (κ1) is 13.1. The molecular formula is C16H13BrN2O. The fourth-order valence-electron chi connectivity index (χ4n) is 2.28. The van der Waals surface area contributed by atoms with Crippen LogP contribution in [0.4, 0.5) is 11.4 Å². The number of hydrogen-bond donors (Lipinski definition) is 1. The zero-order valence-corrected chi connectivity index (χ0v) is 12.6. The maximum absolute atomic E-state index is 12.1. The van der Waals surface area contributed by atoms with Crippen LogP contribution in [0.1, 0.15) is 18.1 Å². The highest BCUT2D eigenvalue weighted by atomic mass is 79.9. The van der Waals surface area contributed by atoms with E-state index in [2.05, 4.69) is 33.2 Å². The van der Waals surface area contributed by atoms with Gasteiger partial charge in [-0.25, -0.2) is 4.99 Å². The molecule has 0 spiro atoms. The second kappa shape index (κ2) is 5.21. The number of para-hydroxylation sites is 1. The van der Waals surface area contributed by atoms with E-state index in [9.17, 15) is 4.79 Å². The molecule has 0 aliphatic carbocycles. The number of amides is 1. The van der Waals surface area contributed by atoms with Gasteiger partial charge in [-0.1, -0.05) is 41.1 Å². The summed E-state index contributed by atoms with van der Waals surface area (Å²) in [5.74, 6) is -0.149. The van der Waals surface area contributed by atoms with Gasteiger partial charge < -0.3 is 5.32 Å². The fraction of sp³-hybridized carbons (Fsp3) is 0.125. The first-order chi connectivity index (χ1) is 9.69. The Morgan fingerprint density at radius 3 is 2.80 bits per heavy atom. The van der Waals surface area contributed by atoms with Crippen LogP contribution in [-0.2, 0) is 11.2 Å². The van der Waals surface area contributed by atoms with Crippen LogP contribution < -0.4 is 5.32 Å². The lowest BCUT2D eigenvalue weighted by atomic mass is 10.1. The Morgan fingerprint density at radius 2 is 2.00 bits per heavy atom. The summed E-state index contributed by atoms with van der Waals surface area (Å²) < 4.78 is 0.934. The Balaban J connectivity index is 2.13. The predicted octanol–water partition coefficient (Wildman–Crippen LogP) is 4.08. The van der Waals surface area contributed by atoms with Crippen LogP contribution in [-0.4, -0.2) is 11.6 Å². The van der Waals surface area contributed by atoms with Crippen molar-refractivity contribution >= 4 is 38.9 Å². The topological polar surface area (TPSA) is 41.5 Å². The number of benzene rings is 2. The fourth-order valence-corrected chi connectivity index (χ4v) is 2.64. The number of aliphatic imine (C=N–C) groups is 1. The second-order valence-electron chi connectivity index (χ2n) is 4.59. The number of rotatable bonds is 2. The van der Waals surface area contributed by atoms with Gasteiger partial charge in [0.1, 0.15) is 5.71 Å². The van der Waals surface area contributed by atoms with Gasteiger partial charge in [-0.3, -0.25) is 4.79 Å². The van der Waals surface area contributed by atoms with Crippen LogP contribution in [0.3, 0.4) is 0 Å². The van der Waals surface area contributed by atoms with E-state index < -0.39 is 0 Å². The maximum atomic E-state index is 12.1. The third-order valence-corrected chi connectivity index (χ3v) is 3.80. The Bertz CT molecular complexity index is 722. The molecular weight excluding hydrogens is 316 g/mol. The lowest BCUT2D eigenvalue weighted by Crippen LogP contribution is -2.14. The van der Waals surface area contributed by atoms with Gasteiger partial charge in [0.2, 0.25) is 0 Å². The van der Waals surface area contributed by atoms with Gasteiger partial charge in [-0.15, -0.1) is 0 Å². The SMILES string of the molecule is CCc1ccccc1N=C1C(=O)Nc2ccc(Br)cc21. The van der Waals surface area contributed by atoms with Crippen molar-refractivity contribution in [3.8, 4) is 0 Å². The summed E-state index contributed by atoms with van der Waals surface area (Å²) in [5, 5.41) is 2.84. The molecule has 0 unspecified atom stereocenters. The third kappa shape index (κ3) is 2.27. The van der Waals surface area contributed by atoms with Gasteiger partial charge in [0.25, 0.3) is 5.91 Å². The molecule has 3 rings (SSSR count). The molecule has 1 heterocycles. The Labute approximate surface area is 125 Å². The third-order valence-electron chi connectivity index (χ3n) is 3.30. The summed E-state index contributed by atoms with van der Waals surface area (Å²) in [4.78, 5) is 16.7. The van der Waals surface area contributed by atoms with E-state index >= 15 is 0 Å². The number of aryl methyl sites for hydroxylation is 1. The van der Waals surface area contributed by atoms with E-state index in [1.54, 1.807) is 0 Å². The van der Waals surface area contributed by atoms with Crippen molar-refractivity contribution in [1.29, 1.82) is 0 Å². The van der Waals surface area contributed by atoms with Gasteiger partial charge >= 0.3 is 0 Å². The highest BCUT2D eigenvalue weighted by molar-refractivity contribution is 9.10. The number of anilines is 1. The number of fused-ring (bicyclic) bond motifs is 1. The quantitative estimate of drug-likeness (QED) is 0.886. The van der Waals surface area contributed by atoms with Crippen LogP contribution in [0.2, 0.25) is 0 Å². The number of nitrogens with zero attached hydrogens (tertiary/aromatic N) is 1. The normalized spacial score (nSPS) is 15.3. The molecule has 1 aliphatic rings. The minimum absolute atomic E-state index is 0.149. The number of nitrogens with one attached hydrogen (secondary N) is 1. The Kier molecular flexibility index (Phi) is 3.40. The van der Waals surface area contributed by atoms with Crippen LogP contribution in [0, 0.1) is 0 Å². The monoisotopic (exact) mass is 328 g/mol. The van der Waals surface area contributed by atoms with E-state index in [1.807, 2.05) is 42.5 Å². The van der Waals surface area contributed by atoms with Crippen molar-refractivity contribution in [3.63, 3.8) is 0 Å². The van der Waals surface area contributed by atoms with Gasteiger partial charge in [0.05, 0.1) is 11.4 Å². The van der Waals surface area contributed by atoms with Crippen LogP contribution >= 0.6 is 15.9 Å². The standard InChI is InChI=1S/C16H13BrN2O/c1-2-10-5-3-4-6-13(10)18-15-12-9-11(17)7-8-14(12)19-16(15)20/h3-9H,2H2,1H3,(H,18,19,20). The predicted molar refractivity (Wildman–Crippen MR) is 84.8 cm³/mol. The van der Waals surface area contributed by atoms with E-state index in [0.717, 1.165) is 33.4 Å². The average Bonchev–Trinajstić information content (AvgIpc) is 2.76. The molecule has 0 atom stereocenters. The molecule has 3 nitrogen and oxygen atoms in total. The number of carbonyl (C=O) groups excluding carboxylic acids is 1. The van der Waals surface area contributed by atoms with Crippen LogP contribution in [0.5, 0.6) is 0 Å². The van der Waals surface area contributed by atoms with Gasteiger partial charge in [0, 0.05) is 10.0 Å². The molecule has 1 amide bonds. The zero-order chi connectivity index (χ0) is 14.1. The average molecular weight is 329 g/mol. The maximum Gasteiger partial charge on any atom is 0.275 e. The first-order valence-corrected chi connectivity index (χ1v) is 7.26. The zero-order valence-electron chi connectivity index (χ0n) is 11.0. The molecule has 1 N–H and O–H groups in total. The summed E-state index contributed by atoms with van der Waals surface area (Å²) in [7, 11) is 0. The summed E-state index contributed by atoms with van der Waals surface area (Å²) in [5.41, 5.74) is 4.12. The van der Waals surface area contributed by atoms with E-state index in [1.165, 1.54) is 0 Å². The Morgan fingerprint density at radius 1 is 1.20 bits per heavy atom. The van der Waals surface area contributed by atoms with E-state index in [4.69, 9.17) is 0 Å². The lowest BCUT2D eigenvalue weighted by Gasteiger charge is -2.03. The molecule has 0 saturated carbocycles. The van der Waals surface area contributed by atoms with Crippen molar-refractivity contribution in [3.05, 3.63) is 58.1 Å². The molecule has 0 radical (unpaired) electrons. The smallest absolute Gasteiger partial charge is 0.275 e. The van der Waals surface area contributed by atoms with Gasteiger partial charge in [0.15, 0.2) is 0 Å². The van der Waals surface area contributed by atoms with Gasteiger partial charge in [-0.05, 0) is 36.2 Å². The molecule has 2 aromatic rings. The lowest BCUT2D eigenvalue weighted by molar-refractivity contribution is -0.110. The number of carbonyl (C=O) groups is 1. The van der Waals surface area contributed by atoms with Crippen molar-refractivity contribution in [2.24, 2.45) is 4.99 Å². The van der Waals surface area contributed by atoms with Crippen molar-refractivity contribution in [1.82, 2.24) is 0 Å². The van der Waals surface area contributed by atoms with Gasteiger partial charge in [-0.2, -0.15) is 0 Å². The molecule has 2 aromatic carbocycles. The second-order valence-corrected chi connectivity index (χ2v) is 5.50. The molecule has 100 valence electrons. The molecule has 0 aromatic heterocycles. The minimum atomic E-state index is -0.149. The number of hydrogen-bond acceptors (Lipinski definition) is 2. The Hall–Kier alpha value is -1.94. The summed E-state index contributed by atoms with van der Waals surface area (Å²) >= 11 is 3.43. The summed E-state index contributed by atoms with van der Waals surface area (Å²) in [6.07, 6.45) is 0.889. The van der Waals surface area contributed by atoms with E-state index in [0.29, 0.717) is 5.71 Å². The molecule has 0 bridgehead atoms. The largest absolute Gasteiger partial charge is 0.320 e. The number of halogens is 1.